The standard InChI is InChI=1S/C24H24N6O5/c1-15-14-25-23(27-21(15)28-30-18-5-3-4-6-19(18)35-24(30)32)26-16-7-8-17(20(13-16)33-2)22(31)29-9-11-34-12-10-29/h3-8,13-14H,9-12H2,1-2H3,(H2,25,26,27,28). The number of morpholine rings is 1. The van der Waals surface area contributed by atoms with Gasteiger partial charge in [-0.15, -0.1) is 0 Å². The van der Waals surface area contributed by atoms with Crippen LogP contribution in [0.2, 0.25) is 0 Å². The van der Waals surface area contributed by atoms with Gasteiger partial charge in [-0.3, -0.25) is 10.2 Å². The monoisotopic (exact) mass is 476 g/mol. The number of carbonyl (C=O) groups excluding carboxylic acids is 1. The molecule has 0 unspecified atom stereocenters. The van der Waals surface area contributed by atoms with E-state index in [-0.39, 0.29) is 5.91 Å². The average Bonchev–Trinajstić information content (AvgIpc) is 3.20. The first kappa shape index (κ1) is 22.4. The minimum Gasteiger partial charge on any atom is -0.496 e. The van der Waals surface area contributed by atoms with Gasteiger partial charge in [-0.25, -0.2) is 9.78 Å². The molecular weight excluding hydrogens is 452 g/mol. The van der Waals surface area contributed by atoms with Crippen molar-refractivity contribution in [3.8, 4) is 5.75 Å². The van der Waals surface area contributed by atoms with Crippen molar-refractivity contribution in [3.05, 3.63) is 70.3 Å². The number of amides is 1. The molecule has 0 spiro atoms. The number of oxazole rings is 1. The molecule has 0 atom stereocenters. The van der Waals surface area contributed by atoms with Crippen LogP contribution in [0.25, 0.3) is 11.1 Å². The van der Waals surface area contributed by atoms with Crippen LogP contribution in [0.1, 0.15) is 15.9 Å². The number of carbonyl (C=O) groups is 1. The molecule has 0 radical (unpaired) electrons. The molecule has 5 rings (SSSR count). The highest BCUT2D eigenvalue weighted by atomic mass is 16.5. The Kier molecular flexibility index (Phi) is 6.06. The molecule has 2 aromatic carbocycles. The number of methoxy groups -OCH3 is 1. The molecule has 0 bridgehead atoms. The third-order valence-electron chi connectivity index (χ3n) is 5.66. The Morgan fingerprint density at radius 2 is 1.94 bits per heavy atom. The average molecular weight is 476 g/mol. The predicted octanol–water partition coefficient (Wildman–Crippen LogP) is 2.79. The molecule has 0 saturated carbocycles. The normalized spacial score (nSPS) is 13.6. The zero-order chi connectivity index (χ0) is 24.4. The van der Waals surface area contributed by atoms with Crippen molar-refractivity contribution in [2.24, 2.45) is 0 Å². The van der Waals surface area contributed by atoms with E-state index in [4.69, 9.17) is 13.9 Å². The number of hydrogen-bond donors (Lipinski definition) is 2. The number of anilines is 3. The maximum Gasteiger partial charge on any atom is 0.439 e. The minimum atomic E-state index is -0.552. The number of ether oxygens (including phenoxy) is 2. The van der Waals surface area contributed by atoms with Crippen molar-refractivity contribution < 1.29 is 18.7 Å². The van der Waals surface area contributed by atoms with Crippen LogP contribution < -0.4 is 21.2 Å². The molecule has 2 N–H and O–H groups in total. The van der Waals surface area contributed by atoms with Gasteiger partial charge >= 0.3 is 5.76 Å². The van der Waals surface area contributed by atoms with Crippen molar-refractivity contribution in [2.45, 2.75) is 6.92 Å². The summed E-state index contributed by atoms with van der Waals surface area (Å²) in [5, 5.41) is 3.13. The minimum absolute atomic E-state index is 0.104. The van der Waals surface area contributed by atoms with Gasteiger partial charge in [-0.05, 0) is 31.2 Å². The van der Waals surface area contributed by atoms with E-state index >= 15 is 0 Å². The fourth-order valence-electron chi connectivity index (χ4n) is 3.81. The number of fused-ring (bicyclic) bond motifs is 1. The van der Waals surface area contributed by atoms with Gasteiger partial charge in [0.25, 0.3) is 5.91 Å². The number of para-hydroxylation sites is 2. The second-order valence-corrected chi connectivity index (χ2v) is 7.95. The molecule has 1 amide bonds. The lowest BCUT2D eigenvalue weighted by Crippen LogP contribution is -2.40. The van der Waals surface area contributed by atoms with Crippen LogP contribution in [0.15, 0.2) is 57.9 Å². The van der Waals surface area contributed by atoms with E-state index in [1.807, 2.05) is 13.0 Å². The SMILES string of the molecule is COc1cc(Nc2ncc(C)c(Nn3c(=O)oc4ccccc43)n2)ccc1C(=O)N1CCOCC1. The van der Waals surface area contributed by atoms with E-state index in [2.05, 4.69) is 20.7 Å². The number of aryl methyl sites for hydroxylation is 1. The fraction of sp³-hybridized carbons (Fsp3) is 0.250. The Morgan fingerprint density at radius 1 is 1.14 bits per heavy atom. The van der Waals surface area contributed by atoms with Gasteiger partial charge in [0.2, 0.25) is 5.95 Å². The Labute approximate surface area is 200 Å². The zero-order valence-corrected chi connectivity index (χ0v) is 19.3. The third kappa shape index (κ3) is 4.53. The lowest BCUT2D eigenvalue weighted by Gasteiger charge is -2.27. The van der Waals surface area contributed by atoms with Crippen molar-refractivity contribution in [1.82, 2.24) is 19.5 Å². The molecule has 11 heteroatoms. The van der Waals surface area contributed by atoms with E-state index in [9.17, 15) is 9.59 Å². The van der Waals surface area contributed by atoms with Gasteiger partial charge in [0, 0.05) is 36.6 Å². The van der Waals surface area contributed by atoms with Crippen LogP contribution in [-0.4, -0.2) is 58.9 Å². The molecule has 4 aromatic rings. The zero-order valence-electron chi connectivity index (χ0n) is 19.3. The quantitative estimate of drug-likeness (QED) is 0.432. The summed E-state index contributed by atoms with van der Waals surface area (Å²) >= 11 is 0. The van der Waals surface area contributed by atoms with Crippen molar-refractivity contribution >= 4 is 34.5 Å². The molecule has 35 heavy (non-hydrogen) atoms. The smallest absolute Gasteiger partial charge is 0.439 e. The van der Waals surface area contributed by atoms with Gasteiger partial charge < -0.3 is 24.1 Å². The van der Waals surface area contributed by atoms with Gasteiger partial charge in [0.05, 0.1) is 25.9 Å². The van der Waals surface area contributed by atoms with Gasteiger partial charge in [-0.2, -0.15) is 9.66 Å². The highest BCUT2D eigenvalue weighted by Gasteiger charge is 2.22. The summed E-state index contributed by atoms with van der Waals surface area (Å²) in [7, 11) is 1.52. The Bertz CT molecular complexity index is 1440. The number of nitrogens with one attached hydrogen (secondary N) is 2. The first-order chi connectivity index (χ1) is 17.0. The van der Waals surface area contributed by atoms with Crippen LogP contribution in [0.4, 0.5) is 17.5 Å². The second-order valence-electron chi connectivity index (χ2n) is 7.95. The summed E-state index contributed by atoms with van der Waals surface area (Å²) in [6.45, 7) is 3.97. The highest BCUT2D eigenvalue weighted by Crippen LogP contribution is 2.27. The number of aromatic nitrogens is 3. The number of rotatable bonds is 6. The summed E-state index contributed by atoms with van der Waals surface area (Å²) in [5.74, 6) is 0.514. The first-order valence-corrected chi connectivity index (χ1v) is 11.1. The molecule has 2 aromatic heterocycles. The van der Waals surface area contributed by atoms with Crippen molar-refractivity contribution in [1.29, 1.82) is 0 Å². The fourth-order valence-corrected chi connectivity index (χ4v) is 3.81. The first-order valence-electron chi connectivity index (χ1n) is 11.1. The van der Waals surface area contributed by atoms with E-state index in [1.165, 1.54) is 11.8 Å². The van der Waals surface area contributed by atoms with E-state index in [0.29, 0.717) is 66.2 Å². The van der Waals surface area contributed by atoms with Crippen molar-refractivity contribution in [2.75, 3.05) is 44.2 Å². The largest absolute Gasteiger partial charge is 0.496 e. The summed E-state index contributed by atoms with van der Waals surface area (Å²) in [4.78, 5) is 35.8. The predicted molar refractivity (Wildman–Crippen MR) is 129 cm³/mol. The van der Waals surface area contributed by atoms with Crippen LogP contribution in [0.3, 0.4) is 0 Å². The Balaban J connectivity index is 1.38. The van der Waals surface area contributed by atoms with Crippen LogP contribution in [0.5, 0.6) is 5.75 Å². The van der Waals surface area contributed by atoms with E-state index < -0.39 is 5.76 Å². The molecule has 1 aliphatic rings. The summed E-state index contributed by atoms with van der Waals surface area (Å²) in [5.41, 5.74) is 5.91. The third-order valence-corrected chi connectivity index (χ3v) is 5.66. The maximum atomic E-state index is 12.9. The number of benzene rings is 2. The molecule has 0 aliphatic carbocycles. The summed E-state index contributed by atoms with van der Waals surface area (Å²) in [6, 6.07) is 12.3. The number of nitrogens with zero attached hydrogens (tertiary/aromatic N) is 4. The maximum absolute atomic E-state index is 12.9. The summed E-state index contributed by atoms with van der Waals surface area (Å²) < 4.78 is 17.4. The van der Waals surface area contributed by atoms with Crippen molar-refractivity contribution in [3.63, 3.8) is 0 Å². The summed E-state index contributed by atoms with van der Waals surface area (Å²) in [6.07, 6.45) is 1.64. The molecular formula is C24H24N6O5. The van der Waals surface area contributed by atoms with E-state index in [0.717, 1.165) is 5.56 Å². The molecule has 3 heterocycles. The lowest BCUT2D eigenvalue weighted by molar-refractivity contribution is 0.0301. The van der Waals surface area contributed by atoms with Gasteiger partial charge in [0.15, 0.2) is 11.4 Å². The lowest BCUT2D eigenvalue weighted by atomic mass is 10.1. The van der Waals surface area contributed by atoms with Crippen LogP contribution in [0, 0.1) is 6.92 Å². The van der Waals surface area contributed by atoms with E-state index in [1.54, 1.807) is 47.5 Å². The molecule has 180 valence electrons. The van der Waals surface area contributed by atoms with Gasteiger partial charge in [-0.1, -0.05) is 12.1 Å². The molecule has 1 aliphatic heterocycles. The van der Waals surface area contributed by atoms with Gasteiger partial charge in [0.1, 0.15) is 11.3 Å². The van der Waals surface area contributed by atoms with Crippen LogP contribution >= 0.6 is 0 Å². The second kappa shape index (κ2) is 9.47. The molecule has 1 saturated heterocycles. The van der Waals surface area contributed by atoms with Crippen LogP contribution in [-0.2, 0) is 4.74 Å². The number of hydrogen-bond acceptors (Lipinski definition) is 9. The molecule has 1 fully saturated rings. The topological polar surface area (TPSA) is 124 Å². The Hall–Kier alpha value is -4.38. The Morgan fingerprint density at radius 3 is 2.74 bits per heavy atom. The highest BCUT2D eigenvalue weighted by molar-refractivity contribution is 5.97. The molecule has 11 nitrogen and oxygen atoms in total.